The summed E-state index contributed by atoms with van der Waals surface area (Å²) < 4.78 is 18.4. The van der Waals surface area contributed by atoms with E-state index in [1.165, 1.54) is 52.5 Å². The molecule has 5 rings (SSSR count). The Bertz CT molecular complexity index is 1760. The number of thiazole rings is 1. The molecular formula is C26H21N3O7S2. The van der Waals surface area contributed by atoms with Gasteiger partial charge < -0.3 is 13.9 Å². The fraction of sp³-hybridized carbons (Fsp3) is 0.192. The first kappa shape index (κ1) is 25.4. The second kappa shape index (κ2) is 10.2. The summed E-state index contributed by atoms with van der Waals surface area (Å²) in [6.45, 7) is 3.66. The maximum Gasteiger partial charge on any atom is 0.338 e. The number of hydrogen-bond donors (Lipinski definition) is 0. The number of aromatic nitrogens is 1. The lowest BCUT2D eigenvalue weighted by Crippen LogP contribution is -2.39. The van der Waals surface area contributed by atoms with Crippen molar-refractivity contribution in [1.82, 2.24) is 4.57 Å². The van der Waals surface area contributed by atoms with Gasteiger partial charge in [-0.15, -0.1) is 11.3 Å². The van der Waals surface area contributed by atoms with Gasteiger partial charge in [0.15, 0.2) is 4.80 Å². The van der Waals surface area contributed by atoms with Crippen LogP contribution in [0.25, 0.3) is 17.4 Å². The molecule has 0 unspecified atom stereocenters. The Morgan fingerprint density at radius 2 is 2.11 bits per heavy atom. The van der Waals surface area contributed by atoms with Gasteiger partial charge in [-0.05, 0) is 43.5 Å². The normalized spacial score (nSPS) is 15.2. The van der Waals surface area contributed by atoms with Crippen LogP contribution in [0.5, 0.6) is 5.75 Å². The highest BCUT2D eigenvalue weighted by atomic mass is 32.1. The monoisotopic (exact) mass is 551 g/mol. The zero-order chi connectivity index (χ0) is 27.0. The molecule has 0 fully saturated rings. The molecular weight excluding hydrogens is 530 g/mol. The highest BCUT2D eigenvalue weighted by Crippen LogP contribution is 2.35. The summed E-state index contributed by atoms with van der Waals surface area (Å²) >= 11 is 2.62. The second-order valence-electron chi connectivity index (χ2n) is 8.16. The number of rotatable bonds is 7. The van der Waals surface area contributed by atoms with E-state index in [2.05, 4.69) is 4.99 Å². The summed E-state index contributed by atoms with van der Waals surface area (Å²) in [5, 5.41) is 13.1. The van der Waals surface area contributed by atoms with Gasteiger partial charge in [0, 0.05) is 23.1 Å². The molecule has 10 nitrogen and oxygen atoms in total. The van der Waals surface area contributed by atoms with Crippen LogP contribution in [-0.2, 0) is 9.53 Å². The summed E-state index contributed by atoms with van der Waals surface area (Å²) in [6, 6.07) is 10.6. The van der Waals surface area contributed by atoms with Crippen LogP contribution in [0.15, 0.2) is 73.3 Å². The first-order valence-corrected chi connectivity index (χ1v) is 13.2. The van der Waals surface area contributed by atoms with Crippen molar-refractivity contribution in [1.29, 1.82) is 0 Å². The number of furan rings is 1. The van der Waals surface area contributed by atoms with Crippen LogP contribution in [0.1, 0.15) is 30.5 Å². The topological polar surface area (TPSA) is 126 Å². The average Bonchev–Trinajstić information content (AvgIpc) is 3.65. The molecule has 3 aromatic heterocycles. The van der Waals surface area contributed by atoms with Gasteiger partial charge in [-0.1, -0.05) is 17.4 Å². The van der Waals surface area contributed by atoms with Crippen molar-refractivity contribution >= 4 is 40.4 Å². The molecule has 1 atom stereocenters. The Hall–Kier alpha value is -4.29. The Morgan fingerprint density at radius 1 is 1.29 bits per heavy atom. The number of non-ortho nitro benzene ring substituents is 1. The highest BCUT2D eigenvalue weighted by molar-refractivity contribution is 7.10. The molecule has 0 aliphatic carbocycles. The number of hydrogen-bond acceptors (Lipinski definition) is 10. The van der Waals surface area contributed by atoms with Crippen molar-refractivity contribution in [2.75, 3.05) is 13.7 Å². The van der Waals surface area contributed by atoms with Crippen LogP contribution >= 0.6 is 22.7 Å². The number of thiophene rings is 1. The standard InChI is InChI=1S/C26H21N3O7S2/c1-4-35-25(31)22-14(2)27-26-28(23(22)20-6-5-11-37-20)24(30)21(38-26)13-16-8-10-19(36-16)17-12-15(29(32)33)7-9-18(17)34-3/h5-13,23H,4H2,1-3H3/b21-13+/t23-/m0/s1. The fourth-order valence-electron chi connectivity index (χ4n) is 4.21. The van der Waals surface area contributed by atoms with E-state index < -0.39 is 16.9 Å². The Labute approximate surface area is 223 Å². The van der Waals surface area contributed by atoms with E-state index in [0.717, 1.165) is 4.88 Å². The molecule has 0 spiro atoms. The van der Waals surface area contributed by atoms with Crippen LogP contribution in [0.3, 0.4) is 0 Å². The van der Waals surface area contributed by atoms with Gasteiger partial charge in [-0.3, -0.25) is 19.5 Å². The Balaban J connectivity index is 1.61. The van der Waals surface area contributed by atoms with E-state index in [4.69, 9.17) is 13.9 Å². The van der Waals surface area contributed by atoms with Gasteiger partial charge in [0.2, 0.25) is 0 Å². The van der Waals surface area contributed by atoms with E-state index in [1.807, 2.05) is 17.5 Å². The molecule has 1 aliphatic heterocycles. The van der Waals surface area contributed by atoms with Crippen LogP contribution in [0, 0.1) is 10.1 Å². The predicted octanol–water partition coefficient (Wildman–Crippen LogP) is 4.04. The van der Waals surface area contributed by atoms with Gasteiger partial charge in [0.25, 0.3) is 11.2 Å². The van der Waals surface area contributed by atoms with Crippen LogP contribution in [0.4, 0.5) is 5.69 Å². The van der Waals surface area contributed by atoms with Crippen LogP contribution < -0.4 is 19.6 Å². The molecule has 1 aromatic carbocycles. The summed E-state index contributed by atoms with van der Waals surface area (Å²) in [5.74, 6) is 0.617. The van der Waals surface area contributed by atoms with Gasteiger partial charge in [-0.25, -0.2) is 9.79 Å². The molecule has 4 aromatic rings. The van der Waals surface area contributed by atoms with E-state index in [9.17, 15) is 19.7 Å². The van der Waals surface area contributed by atoms with Gasteiger partial charge >= 0.3 is 5.97 Å². The number of nitro groups is 1. The van der Waals surface area contributed by atoms with Crippen molar-refractivity contribution in [2.24, 2.45) is 4.99 Å². The minimum Gasteiger partial charge on any atom is -0.496 e. The molecule has 0 saturated carbocycles. The third kappa shape index (κ3) is 4.48. The smallest absolute Gasteiger partial charge is 0.338 e. The first-order valence-electron chi connectivity index (χ1n) is 11.5. The van der Waals surface area contributed by atoms with E-state index in [-0.39, 0.29) is 17.9 Å². The maximum atomic E-state index is 13.6. The van der Waals surface area contributed by atoms with Crippen LogP contribution in [-0.4, -0.2) is 29.2 Å². The molecule has 194 valence electrons. The van der Waals surface area contributed by atoms with Crippen molar-refractivity contribution in [3.8, 4) is 17.1 Å². The van der Waals surface area contributed by atoms with Crippen LogP contribution in [0.2, 0.25) is 0 Å². The molecule has 1 aliphatic rings. The number of methoxy groups -OCH3 is 1. The quantitative estimate of drug-likeness (QED) is 0.193. The van der Waals surface area contributed by atoms with E-state index in [1.54, 1.807) is 32.1 Å². The first-order chi connectivity index (χ1) is 18.3. The molecule has 0 radical (unpaired) electrons. The molecule has 12 heteroatoms. The molecule has 0 saturated heterocycles. The summed E-state index contributed by atoms with van der Waals surface area (Å²) in [5.41, 5.74) is 0.801. The third-order valence-electron chi connectivity index (χ3n) is 5.89. The maximum absolute atomic E-state index is 13.6. The zero-order valence-electron chi connectivity index (χ0n) is 20.5. The van der Waals surface area contributed by atoms with Gasteiger partial charge in [0.1, 0.15) is 23.3 Å². The number of esters is 1. The lowest BCUT2D eigenvalue weighted by atomic mass is 10.0. The second-order valence-corrected chi connectivity index (χ2v) is 10.1. The summed E-state index contributed by atoms with van der Waals surface area (Å²) in [7, 11) is 1.46. The zero-order valence-corrected chi connectivity index (χ0v) is 22.1. The average molecular weight is 552 g/mol. The minimum absolute atomic E-state index is 0.103. The molecule has 0 N–H and O–H groups in total. The molecule has 0 amide bonds. The summed E-state index contributed by atoms with van der Waals surface area (Å²) in [4.78, 5) is 43.1. The number of nitrogens with zero attached hydrogens (tertiary/aromatic N) is 3. The SMILES string of the molecule is CCOC(=O)C1=C(C)N=c2s/c(=C/c3ccc(-c4cc([N+](=O)[O-])ccc4OC)o3)c(=O)n2[C@H]1c1cccs1. The van der Waals surface area contributed by atoms with E-state index in [0.29, 0.717) is 43.4 Å². The Morgan fingerprint density at radius 3 is 2.79 bits per heavy atom. The number of benzene rings is 1. The summed E-state index contributed by atoms with van der Waals surface area (Å²) in [6.07, 6.45) is 1.59. The van der Waals surface area contributed by atoms with Crippen molar-refractivity contribution in [3.05, 3.63) is 99.6 Å². The number of nitro benzene ring substituents is 1. The molecule has 0 bridgehead atoms. The van der Waals surface area contributed by atoms with E-state index >= 15 is 0 Å². The lowest BCUT2D eigenvalue weighted by Gasteiger charge is -2.23. The third-order valence-corrected chi connectivity index (χ3v) is 7.80. The number of allylic oxidation sites excluding steroid dienone is 1. The molecule has 4 heterocycles. The number of carbonyl (C=O) groups is 1. The van der Waals surface area contributed by atoms with Crippen molar-refractivity contribution in [2.45, 2.75) is 19.9 Å². The minimum atomic E-state index is -0.659. The highest BCUT2D eigenvalue weighted by Gasteiger charge is 2.34. The number of carbonyl (C=O) groups excluding carboxylic acids is 1. The van der Waals surface area contributed by atoms with Gasteiger partial charge in [0.05, 0.1) is 40.0 Å². The predicted molar refractivity (Wildman–Crippen MR) is 142 cm³/mol. The largest absolute Gasteiger partial charge is 0.496 e. The van der Waals surface area contributed by atoms with Crippen molar-refractivity contribution < 1.29 is 23.6 Å². The fourth-order valence-corrected chi connectivity index (χ4v) is 6.06. The Kier molecular flexibility index (Phi) is 6.83. The van der Waals surface area contributed by atoms with Gasteiger partial charge in [-0.2, -0.15) is 0 Å². The number of fused-ring (bicyclic) bond motifs is 1. The lowest BCUT2D eigenvalue weighted by molar-refractivity contribution is -0.384. The van der Waals surface area contributed by atoms with Crippen molar-refractivity contribution in [3.63, 3.8) is 0 Å². The molecule has 38 heavy (non-hydrogen) atoms. The number of ether oxygens (including phenoxy) is 2.